The summed E-state index contributed by atoms with van der Waals surface area (Å²) in [4.78, 5) is 101. The van der Waals surface area contributed by atoms with Gasteiger partial charge in [-0.25, -0.2) is 30.6 Å². The number of nitrogens with two attached hydrogens (primary N) is 5. The maximum atomic E-state index is 12.6. The van der Waals surface area contributed by atoms with Crippen molar-refractivity contribution in [2.75, 3.05) is 16.8 Å². The van der Waals surface area contributed by atoms with E-state index in [-0.39, 0.29) is 97.8 Å². The number of benzene rings is 2. The number of hydrogen-bond acceptors (Lipinski definition) is 18. The number of aromatic amines is 2. The molecule has 58 heavy (non-hydrogen) atoms. The molecule has 0 bridgehead atoms. The molecule has 0 spiro atoms. The Kier molecular flexibility index (Phi) is 15.0. The first-order valence-electron chi connectivity index (χ1n) is 16.5. The number of anilines is 3. The van der Waals surface area contributed by atoms with Gasteiger partial charge in [-0.3, -0.25) is 56.0 Å². The van der Waals surface area contributed by atoms with Crippen LogP contribution in [0.3, 0.4) is 0 Å². The zero-order chi connectivity index (χ0) is 41.2. The summed E-state index contributed by atoms with van der Waals surface area (Å²) in [5.41, 5.74) is 15.4. The van der Waals surface area contributed by atoms with E-state index in [1.807, 2.05) is 0 Å². The Morgan fingerprint density at radius 3 is 1.90 bits per heavy atom. The van der Waals surface area contributed by atoms with Crippen molar-refractivity contribution >= 4 is 69.3 Å². The Morgan fingerprint density at radius 2 is 1.34 bits per heavy atom. The quantitative estimate of drug-likeness (QED) is 0.0362. The van der Waals surface area contributed by atoms with E-state index in [1.54, 1.807) is 36.4 Å². The first kappa shape index (κ1) is 43.9. The van der Waals surface area contributed by atoms with Gasteiger partial charge in [0.15, 0.2) is 22.3 Å². The van der Waals surface area contributed by atoms with Crippen molar-refractivity contribution in [3.8, 4) is 0 Å². The topological polar surface area (TPSA) is 403 Å². The molecule has 24 nitrogen and oxygen atoms in total. The Morgan fingerprint density at radius 1 is 0.810 bits per heavy atom. The van der Waals surface area contributed by atoms with Gasteiger partial charge in [0.25, 0.3) is 22.9 Å². The second-order valence-electron chi connectivity index (χ2n) is 11.7. The third kappa shape index (κ3) is 10.5. The second kappa shape index (κ2) is 19.8. The molecule has 0 unspecified atom stereocenters. The first-order valence-corrected chi connectivity index (χ1v) is 16.5. The Hall–Kier alpha value is -6.86. The molecule has 25 heteroatoms. The van der Waals surface area contributed by atoms with Gasteiger partial charge in [0.1, 0.15) is 6.04 Å². The summed E-state index contributed by atoms with van der Waals surface area (Å²) in [5, 5.41) is 16.7. The Balaban J connectivity index is 0.000000249. The summed E-state index contributed by atoms with van der Waals surface area (Å²) < 4.78 is 0. The van der Waals surface area contributed by atoms with Crippen LogP contribution in [-0.2, 0) is 55.4 Å². The van der Waals surface area contributed by atoms with Gasteiger partial charge in [-0.2, -0.15) is 9.97 Å². The fourth-order valence-corrected chi connectivity index (χ4v) is 5.31. The molecule has 1 atom stereocenters. The van der Waals surface area contributed by atoms with Crippen LogP contribution in [0, 0.1) is 0 Å². The molecule has 1 saturated heterocycles. The van der Waals surface area contributed by atoms with Crippen LogP contribution in [-0.4, -0.2) is 79.6 Å². The van der Waals surface area contributed by atoms with E-state index >= 15 is 0 Å². The number of aliphatic carboxylic acids is 1. The molecule has 3 amide bonds. The molecule has 1 aliphatic heterocycles. The Bertz CT molecular complexity index is 2570. The second-order valence-corrected chi connectivity index (χ2v) is 11.7. The average Bonchev–Trinajstić information content (AvgIpc) is 3.61. The van der Waals surface area contributed by atoms with Crippen LogP contribution < -0.4 is 50.9 Å². The first-order chi connectivity index (χ1) is 27.4. The number of nitrogen functional groups attached to an aromatic ring is 3. The summed E-state index contributed by atoms with van der Waals surface area (Å²) in [7, 11) is 0. The molecule has 1 fully saturated rings. The minimum absolute atomic E-state index is 0. The van der Waals surface area contributed by atoms with Crippen LogP contribution in [0.5, 0.6) is 0 Å². The predicted molar refractivity (Wildman–Crippen MR) is 204 cm³/mol. The summed E-state index contributed by atoms with van der Waals surface area (Å²) in [5.74, 6) is 10.3. The van der Waals surface area contributed by atoms with Crippen LogP contribution in [0.4, 0.5) is 23.3 Å². The number of hydrogen-bond donors (Lipinski definition) is 10. The molecule has 4 aromatic heterocycles. The van der Waals surface area contributed by atoms with Crippen LogP contribution in [0.15, 0.2) is 70.5 Å². The Labute approximate surface area is 350 Å². The standard InChI is InChI=1S/C19H17N7O5.C14H14N8O2.H4N2.Y/c20-19-24-15-14(16(28)25-19)23-11(8-22-15)7-21-10-3-1-9(2-4-10)17(29)26-12(18(30)31)5-6-13(26)27;15-14-20-11-10(13(24)21-14)19-9(6-18-11)5-17-8-3-1-7(2-4-8)12(23)22-16;1-2;/h1-4,8,12H,5-7H2,(H5,20,21,22,24,25,28,29,30,31);1-4,6,17H,5,16H2,(H,22,23)(H3,15,18,20,21,24);1-2H2;/p-1/t12-;;;/m0.../s1. The zero-order valence-electron chi connectivity index (χ0n) is 30.1. The smallest absolute Gasteiger partial charge is 0.326 e. The zero-order valence-corrected chi connectivity index (χ0v) is 33.0. The molecule has 6 aromatic rings. The summed E-state index contributed by atoms with van der Waals surface area (Å²) in [6, 6.07) is 11.6. The molecular weight excluding hydrogens is 835 g/mol. The van der Waals surface area contributed by atoms with Crippen LogP contribution in [0.25, 0.3) is 27.6 Å². The number of nitrogens with zero attached hydrogens (tertiary/aromatic N) is 8. The summed E-state index contributed by atoms with van der Waals surface area (Å²) in [6.45, 7) is 0.459. The van der Waals surface area contributed by atoms with E-state index in [0.29, 0.717) is 29.2 Å². The van der Waals surface area contributed by atoms with Gasteiger partial charge in [-0.1, -0.05) is 30.8 Å². The number of rotatable bonds is 9. The van der Waals surface area contributed by atoms with Crippen molar-refractivity contribution in [2.45, 2.75) is 32.0 Å². The van der Waals surface area contributed by atoms with Gasteiger partial charge in [0.2, 0.25) is 17.8 Å². The number of hydrazine groups is 2. The minimum Gasteiger partial charge on any atom is -0.679 e. The molecule has 7 rings (SSSR count). The average molecular weight is 870 g/mol. The minimum atomic E-state index is -1.21. The molecule has 15 N–H and O–H groups in total. The van der Waals surface area contributed by atoms with Crippen molar-refractivity contribution < 1.29 is 57.0 Å². The van der Waals surface area contributed by atoms with Gasteiger partial charge in [0, 0.05) is 67.8 Å². The number of carboxylic acids is 1. The third-order valence-electron chi connectivity index (χ3n) is 7.98. The van der Waals surface area contributed by atoms with E-state index in [0.717, 1.165) is 10.6 Å². The van der Waals surface area contributed by atoms with Gasteiger partial charge in [-0.15, -0.1) is 5.69 Å². The SMILES string of the molecule is NN.NNC(=O)c1ccc(NCc2cnc3nc(N)[nH]c(=O)c3n2)cc1.Nc1nc2ncc(C[N-]c3ccc(C(=O)N4C(=O)CC[C@H]4C(=O)O)cc3)nc2c(=O)[nH]1.[Y]. The van der Waals surface area contributed by atoms with Crippen molar-refractivity contribution in [1.82, 2.24) is 50.2 Å². The van der Waals surface area contributed by atoms with Crippen molar-refractivity contribution in [3.05, 3.63) is 109 Å². The number of amides is 3. The normalized spacial score (nSPS) is 13.0. The van der Waals surface area contributed by atoms with Gasteiger partial charge >= 0.3 is 5.97 Å². The summed E-state index contributed by atoms with van der Waals surface area (Å²) in [6.07, 6.45) is 3.07. The third-order valence-corrected chi connectivity index (χ3v) is 7.98. The summed E-state index contributed by atoms with van der Waals surface area (Å²) >= 11 is 0. The van der Waals surface area contributed by atoms with E-state index < -0.39 is 34.9 Å². The number of aromatic nitrogens is 8. The molecule has 1 aliphatic rings. The number of nitrogens with one attached hydrogen (secondary N) is 4. The van der Waals surface area contributed by atoms with Crippen molar-refractivity contribution in [2.24, 2.45) is 17.5 Å². The number of imide groups is 1. The number of H-pyrrole nitrogens is 2. The van der Waals surface area contributed by atoms with Crippen molar-refractivity contribution in [3.63, 3.8) is 0 Å². The number of carbonyl (C=O) groups excluding carboxylic acids is 3. The van der Waals surface area contributed by atoms with E-state index in [1.165, 1.54) is 24.5 Å². The van der Waals surface area contributed by atoms with E-state index in [9.17, 15) is 33.9 Å². The molecule has 2 aromatic carbocycles. The molecule has 1 radical (unpaired) electrons. The van der Waals surface area contributed by atoms with Crippen LogP contribution in [0.1, 0.15) is 44.9 Å². The fraction of sp³-hybridized carbons (Fsp3) is 0.152. The van der Waals surface area contributed by atoms with E-state index in [4.69, 9.17) is 17.3 Å². The number of fused-ring (bicyclic) bond motifs is 2. The van der Waals surface area contributed by atoms with Gasteiger partial charge in [-0.05, 0) is 30.7 Å². The number of carbonyl (C=O) groups is 4. The molecule has 0 aliphatic carbocycles. The maximum Gasteiger partial charge on any atom is 0.326 e. The predicted octanol–water partition coefficient (Wildman–Crippen LogP) is -0.956. The fourth-order valence-electron chi connectivity index (χ4n) is 5.31. The van der Waals surface area contributed by atoms with Gasteiger partial charge < -0.3 is 27.2 Å². The molecule has 5 heterocycles. The van der Waals surface area contributed by atoms with Crippen molar-refractivity contribution in [1.29, 1.82) is 0 Å². The molecule has 297 valence electrons. The van der Waals surface area contributed by atoms with Gasteiger partial charge in [0.05, 0.1) is 18.4 Å². The molecule has 0 saturated carbocycles. The van der Waals surface area contributed by atoms with E-state index in [2.05, 4.69) is 67.6 Å². The largest absolute Gasteiger partial charge is 0.679 e. The monoisotopic (exact) mass is 869 g/mol. The van der Waals surface area contributed by atoms with Crippen LogP contribution in [0.2, 0.25) is 0 Å². The molecular formula is C33H34N17O7Y-. The number of likely N-dealkylation sites (tertiary alicyclic amines) is 1. The number of carboxylic acid groups (broad SMARTS) is 1. The maximum absolute atomic E-state index is 12.6. The van der Waals surface area contributed by atoms with Crippen LogP contribution >= 0.6 is 0 Å².